The zero-order valence-corrected chi connectivity index (χ0v) is 15.9. The van der Waals surface area contributed by atoms with E-state index in [1.165, 1.54) is 18.2 Å². The fourth-order valence-corrected chi connectivity index (χ4v) is 2.45. The molecule has 0 atom stereocenters. The van der Waals surface area contributed by atoms with E-state index in [9.17, 15) is 22.8 Å². The van der Waals surface area contributed by atoms with Crippen molar-refractivity contribution in [1.82, 2.24) is 10.9 Å². The van der Waals surface area contributed by atoms with Gasteiger partial charge in [0.15, 0.2) is 6.61 Å². The van der Waals surface area contributed by atoms with Crippen molar-refractivity contribution in [1.29, 1.82) is 0 Å². The molecule has 12 heteroatoms. The molecule has 28 heavy (non-hydrogen) atoms. The summed E-state index contributed by atoms with van der Waals surface area (Å²) in [7, 11) is 0. The van der Waals surface area contributed by atoms with Gasteiger partial charge in [-0.05, 0) is 24.3 Å². The van der Waals surface area contributed by atoms with Gasteiger partial charge in [0, 0.05) is 11.8 Å². The van der Waals surface area contributed by atoms with Crippen LogP contribution >= 0.6 is 34.8 Å². The third-order valence-electron chi connectivity index (χ3n) is 3.10. The number of benzene rings is 2. The largest absolute Gasteiger partial charge is 0.482 e. The zero-order chi connectivity index (χ0) is 20.9. The van der Waals surface area contributed by atoms with E-state index in [4.69, 9.17) is 39.5 Å². The molecule has 0 saturated heterocycles. The van der Waals surface area contributed by atoms with Crippen molar-refractivity contribution in [2.45, 2.75) is 6.18 Å². The van der Waals surface area contributed by atoms with Crippen LogP contribution < -0.4 is 20.9 Å². The Hall–Kier alpha value is -2.36. The standard InChI is InChI=1S/C16H11Cl3F3N3O3/c17-10-5-12(19)13(6-11(10)18)28-7-14(26)24-25-15(27)23-9-3-1-2-8(4-9)16(20,21)22/h1-6H,7H2,(H,24,26)(H2,23,25,27). The summed E-state index contributed by atoms with van der Waals surface area (Å²) in [6, 6.07) is 5.68. The third kappa shape index (κ3) is 6.36. The van der Waals surface area contributed by atoms with Crippen LogP contribution in [0.25, 0.3) is 0 Å². The van der Waals surface area contributed by atoms with Crippen LogP contribution in [0.2, 0.25) is 15.1 Å². The van der Waals surface area contributed by atoms with Crippen LogP contribution in [0.5, 0.6) is 5.75 Å². The van der Waals surface area contributed by atoms with Crippen molar-refractivity contribution in [3.05, 3.63) is 57.0 Å². The number of carbonyl (C=O) groups excluding carboxylic acids is 2. The number of rotatable bonds is 4. The van der Waals surface area contributed by atoms with Crippen LogP contribution in [0.1, 0.15) is 5.56 Å². The molecule has 0 radical (unpaired) electrons. The molecule has 150 valence electrons. The number of hydrogen-bond donors (Lipinski definition) is 3. The Balaban J connectivity index is 1.83. The molecule has 3 N–H and O–H groups in total. The number of hydrogen-bond acceptors (Lipinski definition) is 3. The second-order valence-corrected chi connectivity index (χ2v) is 6.41. The Kier molecular flexibility index (Phi) is 7.22. The van der Waals surface area contributed by atoms with Crippen molar-refractivity contribution < 1.29 is 27.5 Å². The monoisotopic (exact) mass is 455 g/mol. The quantitative estimate of drug-likeness (QED) is 0.452. The lowest BCUT2D eigenvalue weighted by Crippen LogP contribution is -2.45. The van der Waals surface area contributed by atoms with Crippen molar-refractivity contribution in [3.8, 4) is 5.75 Å². The van der Waals surface area contributed by atoms with Gasteiger partial charge < -0.3 is 10.1 Å². The normalized spacial score (nSPS) is 10.9. The third-order valence-corrected chi connectivity index (χ3v) is 4.11. The second-order valence-electron chi connectivity index (χ2n) is 5.19. The minimum Gasteiger partial charge on any atom is -0.482 e. The predicted molar refractivity (Wildman–Crippen MR) is 98.7 cm³/mol. The lowest BCUT2D eigenvalue weighted by atomic mass is 10.2. The van der Waals surface area contributed by atoms with Gasteiger partial charge in [-0.15, -0.1) is 0 Å². The minimum atomic E-state index is -4.55. The molecular formula is C16H11Cl3F3N3O3. The van der Waals surface area contributed by atoms with Gasteiger partial charge in [0.2, 0.25) is 0 Å². The van der Waals surface area contributed by atoms with Gasteiger partial charge in [-0.2, -0.15) is 13.2 Å². The summed E-state index contributed by atoms with van der Waals surface area (Å²) in [5, 5.41) is 2.64. The lowest BCUT2D eigenvalue weighted by Gasteiger charge is -2.12. The molecule has 2 rings (SSSR count). The summed E-state index contributed by atoms with van der Waals surface area (Å²) in [6.07, 6.45) is -4.55. The predicted octanol–water partition coefficient (Wildman–Crippen LogP) is 4.90. The molecule has 0 aliphatic carbocycles. The molecule has 0 heterocycles. The van der Waals surface area contributed by atoms with Crippen molar-refractivity contribution >= 4 is 52.4 Å². The number of hydrazine groups is 1. The number of ether oxygens (including phenoxy) is 1. The first kappa shape index (κ1) is 21.9. The Bertz CT molecular complexity index is 894. The second kappa shape index (κ2) is 9.22. The maximum atomic E-state index is 12.6. The van der Waals surface area contributed by atoms with Gasteiger partial charge in [0.25, 0.3) is 5.91 Å². The lowest BCUT2D eigenvalue weighted by molar-refractivity contribution is -0.137. The van der Waals surface area contributed by atoms with E-state index < -0.39 is 30.3 Å². The number of alkyl halides is 3. The first-order valence-corrected chi connectivity index (χ1v) is 8.50. The Labute approximate surface area is 171 Å². The fraction of sp³-hybridized carbons (Fsp3) is 0.125. The number of anilines is 1. The van der Waals surface area contributed by atoms with E-state index in [0.717, 1.165) is 18.2 Å². The van der Waals surface area contributed by atoms with E-state index >= 15 is 0 Å². The van der Waals surface area contributed by atoms with Gasteiger partial charge in [-0.3, -0.25) is 10.2 Å². The highest BCUT2D eigenvalue weighted by molar-refractivity contribution is 6.43. The summed E-state index contributed by atoms with van der Waals surface area (Å²) in [4.78, 5) is 23.4. The zero-order valence-electron chi connectivity index (χ0n) is 13.7. The van der Waals surface area contributed by atoms with Gasteiger partial charge in [0.05, 0.1) is 20.6 Å². The Morgan fingerprint density at radius 1 is 0.964 bits per heavy atom. The highest BCUT2D eigenvalue weighted by Gasteiger charge is 2.30. The molecule has 0 aromatic heterocycles. The molecule has 0 fully saturated rings. The van der Waals surface area contributed by atoms with Gasteiger partial charge in [0.1, 0.15) is 5.75 Å². The average Bonchev–Trinajstić information content (AvgIpc) is 2.61. The summed E-state index contributed by atoms with van der Waals surface area (Å²) in [6.45, 7) is -0.526. The molecule has 0 spiro atoms. The van der Waals surface area contributed by atoms with Crippen LogP contribution in [-0.2, 0) is 11.0 Å². The molecule has 6 nitrogen and oxygen atoms in total. The summed E-state index contributed by atoms with van der Waals surface area (Å²) >= 11 is 17.5. The molecule has 0 bridgehead atoms. The number of nitrogens with one attached hydrogen (secondary N) is 3. The molecule has 0 saturated carbocycles. The first-order valence-electron chi connectivity index (χ1n) is 7.36. The average molecular weight is 457 g/mol. The van der Waals surface area contributed by atoms with Gasteiger partial charge >= 0.3 is 12.2 Å². The highest BCUT2D eigenvalue weighted by Crippen LogP contribution is 2.33. The van der Waals surface area contributed by atoms with Gasteiger partial charge in [-0.25, -0.2) is 10.2 Å². The van der Waals surface area contributed by atoms with Crippen LogP contribution in [0.3, 0.4) is 0 Å². The van der Waals surface area contributed by atoms with Crippen molar-refractivity contribution in [2.75, 3.05) is 11.9 Å². The van der Waals surface area contributed by atoms with Gasteiger partial charge in [-0.1, -0.05) is 40.9 Å². The smallest absolute Gasteiger partial charge is 0.416 e. The number of halogens is 6. The van der Waals surface area contributed by atoms with Crippen LogP contribution in [0.15, 0.2) is 36.4 Å². The molecule has 3 amide bonds. The Morgan fingerprint density at radius 3 is 2.32 bits per heavy atom. The molecule has 0 aliphatic heterocycles. The highest BCUT2D eigenvalue weighted by atomic mass is 35.5. The van der Waals surface area contributed by atoms with Crippen LogP contribution in [-0.4, -0.2) is 18.5 Å². The van der Waals surface area contributed by atoms with E-state index in [-0.39, 0.29) is 26.5 Å². The maximum Gasteiger partial charge on any atom is 0.416 e. The van der Waals surface area contributed by atoms with E-state index in [2.05, 4.69) is 5.32 Å². The van der Waals surface area contributed by atoms with E-state index in [1.54, 1.807) is 0 Å². The molecule has 0 unspecified atom stereocenters. The number of amides is 3. The molecule has 2 aromatic rings. The topological polar surface area (TPSA) is 79.5 Å². The van der Waals surface area contributed by atoms with Crippen molar-refractivity contribution in [3.63, 3.8) is 0 Å². The SMILES string of the molecule is O=C(COc1cc(Cl)c(Cl)cc1Cl)NNC(=O)Nc1cccc(C(F)(F)F)c1. The van der Waals surface area contributed by atoms with E-state index in [1.807, 2.05) is 10.9 Å². The molecular weight excluding hydrogens is 446 g/mol. The Morgan fingerprint density at radius 2 is 1.64 bits per heavy atom. The maximum absolute atomic E-state index is 12.6. The fourth-order valence-electron chi connectivity index (χ4n) is 1.86. The number of urea groups is 1. The molecule has 2 aromatic carbocycles. The minimum absolute atomic E-state index is 0.0969. The van der Waals surface area contributed by atoms with Crippen molar-refractivity contribution in [2.24, 2.45) is 0 Å². The van der Waals surface area contributed by atoms with E-state index in [0.29, 0.717) is 0 Å². The summed E-state index contributed by atoms with van der Waals surface area (Å²) in [5.41, 5.74) is 2.94. The first-order chi connectivity index (χ1) is 13.1. The number of carbonyl (C=O) groups is 2. The molecule has 0 aliphatic rings. The summed E-state index contributed by atoms with van der Waals surface area (Å²) < 4.78 is 43.1. The summed E-state index contributed by atoms with van der Waals surface area (Å²) in [5.74, 6) is -0.666. The van der Waals surface area contributed by atoms with Crippen LogP contribution in [0.4, 0.5) is 23.7 Å². The van der Waals surface area contributed by atoms with Crippen LogP contribution in [0, 0.1) is 0 Å².